The minimum Gasteiger partial charge on any atom is -0.491 e. The first kappa shape index (κ1) is 15.8. The molecule has 0 atom stereocenters. The van der Waals surface area contributed by atoms with Gasteiger partial charge in [-0.15, -0.1) is 0 Å². The van der Waals surface area contributed by atoms with Crippen LogP contribution in [-0.2, 0) is 7.05 Å². The Kier molecular flexibility index (Phi) is 4.93. The molecule has 0 aliphatic heterocycles. The van der Waals surface area contributed by atoms with Gasteiger partial charge in [-0.2, -0.15) is 5.10 Å². The number of hydrogen-bond donors (Lipinski definition) is 1. The first-order valence-corrected chi connectivity index (χ1v) is 7.00. The molecule has 1 aromatic heterocycles. The topological polar surface area (TPSA) is 73.2 Å². The molecule has 0 spiro atoms. The van der Waals surface area contributed by atoms with Crippen molar-refractivity contribution in [3.8, 4) is 5.75 Å². The molecule has 0 aliphatic rings. The highest BCUT2D eigenvalue weighted by atomic mass is 16.5. The van der Waals surface area contributed by atoms with Gasteiger partial charge in [-0.25, -0.2) is 4.68 Å². The molecule has 0 unspecified atom stereocenters. The van der Waals surface area contributed by atoms with Crippen molar-refractivity contribution in [1.82, 2.24) is 15.1 Å². The van der Waals surface area contributed by atoms with Crippen molar-refractivity contribution in [3.05, 3.63) is 57.5 Å². The molecule has 1 heterocycles. The maximum atomic E-state index is 11.9. The van der Waals surface area contributed by atoms with Crippen LogP contribution in [0.4, 0.5) is 0 Å². The van der Waals surface area contributed by atoms with Gasteiger partial charge in [0.25, 0.3) is 11.5 Å². The Balaban J connectivity index is 1.87. The molecule has 2 rings (SSSR count). The number of aromatic nitrogens is 2. The normalized spacial score (nSPS) is 10.3. The van der Waals surface area contributed by atoms with Gasteiger partial charge < -0.3 is 10.1 Å². The lowest BCUT2D eigenvalue weighted by molar-refractivity contribution is 0.0939. The fraction of sp³-hybridized carbons (Fsp3) is 0.312. The number of amides is 1. The van der Waals surface area contributed by atoms with Crippen molar-refractivity contribution in [3.63, 3.8) is 0 Å². The molecule has 22 heavy (non-hydrogen) atoms. The van der Waals surface area contributed by atoms with Gasteiger partial charge in [-0.05, 0) is 31.0 Å². The van der Waals surface area contributed by atoms with Gasteiger partial charge in [0.05, 0.1) is 6.54 Å². The van der Waals surface area contributed by atoms with Crippen LogP contribution in [0.2, 0.25) is 0 Å². The van der Waals surface area contributed by atoms with E-state index in [1.807, 2.05) is 32.0 Å². The maximum Gasteiger partial charge on any atom is 0.271 e. The molecule has 0 bridgehead atoms. The number of hydrogen-bond acceptors (Lipinski definition) is 4. The van der Waals surface area contributed by atoms with E-state index in [9.17, 15) is 9.59 Å². The van der Waals surface area contributed by atoms with E-state index in [1.54, 1.807) is 0 Å². The van der Waals surface area contributed by atoms with Crippen LogP contribution in [0.5, 0.6) is 5.75 Å². The third kappa shape index (κ3) is 3.72. The Hall–Kier alpha value is -2.63. The van der Waals surface area contributed by atoms with Gasteiger partial charge in [0.15, 0.2) is 0 Å². The van der Waals surface area contributed by atoms with Crippen LogP contribution in [0.15, 0.2) is 35.1 Å². The highest BCUT2D eigenvalue weighted by molar-refractivity contribution is 5.91. The van der Waals surface area contributed by atoms with E-state index in [-0.39, 0.29) is 17.2 Å². The van der Waals surface area contributed by atoms with Crippen LogP contribution in [-0.4, -0.2) is 28.8 Å². The van der Waals surface area contributed by atoms with Gasteiger partial charge in [0, 0.05) is 13.1 Å². The zero-order valence-corrected chi connectivity index (χ0v) is 12.9. The largest absolute Gasteiger partial charge is 0.491 e. The zero-order chi connectivity index (χ0) is 16.1. The predicted octanol–water partition coefficient (Wildman–Crippen LogP) is 1.21. The second-order valence-corrected chi connectivity index (χ2v) is 5.01. The number of rotatable bonds is 5. The molecule has 0 fully saturated rings. The van der Waals surface area contributed by atoms with Crippen LogP contribution in [0.1, 0.15) is 21.6 Å². The summed E-state index contributed by atoms with van der Waals surface area (Å²) in [6, 6.07) is 8.66. The van der Waals surface area contributed by atoms with Gasteiger partial charge in [0.1, 0.15) is 18.1 Å². The van der Waals surface area contributed by atoms with Crippen LogP contribution in [0, 0.1) is 13.8 Å². The highest BCUT2D eigenvalue weighted by Crippen LogP contribution is 2.21. The molecular formula is C16H19N3O3. The van der Waals surface area contributed by atoms with Crippen molar-refractivity contribution in [2.24, 2.45) is 7.05 Å². The van der Waals surface area contributed by atoms with Gasteiger partial charge >= 0.3 is 0 Å². The quantitative estimate of drug-likeness (QED) is 0.842. The molecule has 116 valence electrons. The lowest BCUT2D eigenvalue weighted by Gasteiger charge is -2.12. The van der Waals surface area contributed by atoms with Gasteiger partial charge in [-0.1, -0.05) is 18.2 Å². The SMILES string of the molecule is Cc1cccc(C)c1OCCNC(=O)c1ccc(=O)n(C)n1. The zero-order valence-electron chi connectivity index (χ0n) is 12.9. The van der Waals surface area contributed by atoms with Crippen molar-refractivity contribution < 1.29 is 9.53 Å². The number of ether oxygens (including phenoxy) is 1. The minimum absolute atomic E-state index is 0.203. The number of carbonyl (C=O) groups excluding carboxylic acids is 1. The van der Waals surface area contributed by atoms with E-state index in [1.165, 1.54) is 19.2 Å². The van der Waals surface area contributed by atoms with E-state index >= 15 is 0 Å². The van der Waals surface area contributed by atoms with Crippen LogP contribution < -0.4 is 15.6 Å². The third-order valence-electron chi connectivity index (χ3n) is 3.24. The second-order valence-electron chi connectivity index (χ2n) is 5.01. The van der Waals surface area contributed by atoms with E-state index in [4.69, 9.17) is 4.74 Å². The Bertz CT molecular complexity index is 717. The fourth-order valence-corrected chi connectivity index (χ4v) is 2.06. The second kappa shape index (κ2) is 6.89. The fourth-order valence-electron chi connectivity index (χ4n) is 2.06. The molecule has 1 amide bonds. The average Bonchev–Trinajstić information content (AvgIpc) is 2.48. The summed E-state index contributed by atoms with van der Waals surface area (Å²) in [5.74, 6) is 0.512. The number of nitrogens with one attached hydrogen (secondary N) is 1. The van der Waals surface area contributed by atoms with Crippen molar-refractivity contribution in [2.45, 2.75) is 13.8 Å². The lowest BCUT2D eigenvalue weighted by Crippen LogP contribution is -2.31. The first-order chi connectivity index (χ1) is 10.5. The van der Waals surface area contributed by atoms with E-state index in [0.717, 1.165) is 21.6 Å². The minimum atomic E-state index is -0.333. The number of aryl methyl sites for hydroxylation is 3. The highest BCUT2D eigenvalue weighted by Gasteiger charge is 2.08. The molecule has 6 heteroatoms. The summed E-state index contributed by atoms with van der Waals surface area (Å²) in [6.45, 7) is 4.69. The van der Waals surface area contributed by atoms with Crippen molar-refractivity contribution in [2.75, 3.05) is 13.2 Å². The Labute approximate surface area is 128 Å². The Morgan fingerprint density at radius 1 is 1.23 bits per heavy atom. The molecule has 0 saturated carbocycles. The Morgan fingerprint density at radius 3 is 2.55 bits per heavy atom. The number of nitrogens with zero attached hydrogens (tertiary/aromatic N) is 2. The molecule has 1 aromatic carbocycles. The maximum absolute atomic E-state index is 11.9. The standard InChI is InChI=1S/C16H19N3O3/c1-11-5-4-6-12(2)15(11)22-10-9-17-16(21)13-7-8-14(20)19(3)18-13/h4-8H,9-10H2,1-3H3,(H,17,21). The first-order valence-electron chi connectivity index (χ1n) is 7.00. The summed E-state index contributed by atoms with van der Waals surface area (Å²) in [7, 11) is 1.50. The van der Waals surface area contributed by atoms with Crippen molar-refractivity contribution in [1.29, 1.82) is 0 Å². The summed E-state index contributed by atoms with van der Waals surface area (Å²) in [5, 5.41) is 6.60. The van der Waals surface area contributed by atoms with Crippen LogP contribution in [0.3, 0.4) is 0 Å². The summed E-state index contributed by atoms with van der Waals surface area (Å²) in [5.41, 5.74) is 2.07. The molecule has 0 saturated heterocycles. The van der Waals surface area contributed by atoms with E-state index in [2.05, 4.69) is 10.4 Å². The third-order valence-corrected chi connectivity index (χ3v) is 3.24. The molecule has 0 radical (unpaired) electrons. The Morgan fingerprint density at radius 2 is 1.91 bits per heavy atom. The van der Waals surface area contributed by atoms with Gasteiger partial charge in [-0.3, -0.25) is 9.59 Å². The number of para-hydroxylation sites is 1. The monoisotopic (exact) mass is 301 g/mol. The van der Waals surface area contributed by atoms with Crippen molar-refractivity contribution >= 4 is 5.91 Å². The summed E-state index contributed by atoms with van der Waals surface area (Å²) < 4.78 is 6.83. The van der Waals surface area contributed by atoms with E-state index in [0.29, 0.717) is 13.2 Å². The lowest BCUT2D eigenvalue weighted by atomic mass is 10.1. The molecule has 1 N–H and O–H groups in total. The number of benzene rings is 1. The molecule has 0 aliphatic carbocycles. The van der Waals surface area contributed by atoms with E-state index < -0.39 is 0 Å². The molecular weight excluding hydrogens is 282 g/mol. The summed E-state index contributed by atoms with van der Waals surface area (Å²) >= 11 is 0. The molecule has 2 aromatic rings. The predicted molar refractivity (Wildman–Crippen MR) is 83.2 cm³/mol. The average molecular weight is 301 g/mol. The van der Waals surface area contributed by atoms with Gasteiger partial charge in [0.2, 0.25) is 0 Å². The number of carbonyl (C=O) groups is 1. The summed E-state index contributed by atoms with van der Waals surface area (Å²) in [4.78, 5) is 23.1. The van der Waals surface area contributed by atoms with Crippen LogP contribution >= 0.6 is 0 Å². The molecule has 6 nitrogen and oxygen atoms in total. The summed E-state index contributed by atoms with van der Waals surface area (Å²) in [6.07, 6.45) is 0. The smallest absolute Gasteiger partial charge is 0.271 e. The van der Waals surface area contributed by atoms with Crippen LogP contribution in [0.25, 0.3) is 0 Å².